The van der Waals surface area contributed by atoms with E-state index in [2.05, 4.69) is 10.4 Å². The third-order valence-corrected chi connectivity index (χ3v) is 2.66. The molecule has 1 aromatic heterocycles. The van der Waals surface area contributed by atoms with Crippen molar-refractivity contribution < 1.29 is 9.53 Å². The second-order valence-corrected chi connectivity index (χ2v) is 3.83. The van der Waals surface area contributed by atoms with Crippen molar-refractivity contribution in [3.63, 3.8) is 0 Å². The lowest BCUT2D eigenvalue weighted by atomic mass is 10.2. The van der Waals surface area contributed by atoms with Crippen molar-refractivity contribution in [3.05, 3.63) is 24.0 Å². The fraction of sp³-hybridized carbons (Fsp3) is 0.455. The summed E-state index contributed by atoms with van der Waals surface area (Å²) in [6.07, 6.45) is 2.43. The van der Waals surface area contributed by atoms with E-state index in [1.165, 1.54) is 0 Å². The van der Waals surface area contributed by atoms with Crippen LogP contribution in [0.4, 0.5) is 5.69 Å². The summed E-state index contributed by atoms with van der Waals surface area (Å²) in [5.41, 5.74) is 3.58. The van der Waals surface area contributed by atoms with Crippen LogP contribution in [0.5, 0.6) is 0 Å². The van der Waals surface area contributed by atoms with Gasteiger partial charge in [-0.2, -0.15) is 0 Å². The molecule has 6 heteroatoms. The van der Waals surface area contributed by atoms with Crippen LogP contribution in [0, 0.1) is 0 Å². The lowest BCUT2D eigenvalue weighted by Gasteiger charge is -2.19. The summed E-state index contributed by atoms with van der Waals surface area (Å²) in [6, 6.07) is 3.36. The number of carbonyl (C=O) groups excluding carboxylic acids is 1. The van der Waals surface area contributed by atoms with Gasteiger partial charge in [-0.25, -0.2) is 0 Å². The number of carbonyl (C=O) groups is 1. The number of hydrogen-bond acceptors (Lipinski definition) is 5. The molecule has 92 valence electrons. The molecule has 2 rings (SSSR count). The average Bonchev–Trinajstić information content (AvgIpc) is 2.67. The zero-order valence-corrected chi connectivity index (χ0v) is 9.56. The Kier molecular flexibility index (Phi) is 3.89. The highest BCUT2D eigenvalue weighted by Gasteiger charge is 2.18. The number of amides is 1. The lowest BCUT2D eigenvalue weighted by Crippen LogP contribution is -2.33. The number of ether oxygens (including phenoxy) is 1. The van der Waals surface area contributed by atoms with Crippen molar-refractivity contribution >= 4 is 11.6 Å². The maximum absolute atomic E-state index is 12.2. The Bertz CT molecular complexity index is 389. The molecule has 1 aliphatic rings. The van der Waals surface area contributed by atoms with Crippen LogP contribution < -0.4 is 11.3 Å². The van der Waals surface area contributed by atoms with Crippen molar-refractivity contribution in [2.75, 3.05) is 31.7 Å². The number of hydrogen-bond donors (Lipinski definition) is 2. The largest absolute Gasteiger partial charge is 0.380 e. The van der Waals surface area contributed by atoms with E-state index in [0.29, 0.717) is 37.7 Å². The molecule has 1 saturated heterocycles. The molecule has 1 aliphatic heterocycles. The minimum Gasteiger partial charge on any atom is -0.380 e. The first kappa shape index (κ1) is 11.8. The summed E-state index contributed by atoms with van der Waals surface area (Å²) in [6.45, 7) is 2.61. The highest BCUT2D eigenvalue weighted by atomic mass is 16.5. The molecule has 6 nitrogen and oxygen atoms in total. The van der Waals surface area contributed by atoms with E-state index < -0.39 is 0 Å². The van der Waals surface area contributed by atoms with Crippen LogP contribution >= 0.6 is 0 Å². The molecule has 1 amide bonds. The standard InChI is InChI=1S/C11H16N4O2/c12-14-9-2-3-13-10(8-9)11(16)15-4-1-6-17-7-5-15/h2-3,8H,1,4-7,12H2,(H,13,14). The summed E-state index contributed by atoms with van der Waals surface area (Å²) < 4.78 is 5.31. The Morgan fingerprint density at radius 2 is 2.35 bits per heavy atom. The molecular formula is C11H16N4O2. The summed E-state index contributed by atoms with van der Waals surface area (Å²) in [5, 5.41) is 0. The first-order chi connectivity index (χ1) is 8.31. The third-order valence-electron chi connectivity index (χ3n) is 2.66. The van der Waals surface area contributed by atoms with E-state index in [1.807, 2.05) is 0 Å². The Morgan fingerprint density at radius 1 is 1.47 bits per heavy atom. The van der Waals surface area contributed by atoms with Crippen LogP contribution in [0.2, 0.25) is 0 Å². The molecule has 2 heterocycles. The molecule has 0 bridgehead atoms. The molecular weight excluding hydrogens is 220 g/mol. The van der Waals surface area contributed by atoms with Gasteiger partial charge in [0.1, 0.15) is 5.69 Å². The smallest absolute Gasteiger partial charge is 0.272 e. The zero-order chi connectivity index (χ0) is 12.1. The van der Waals surface area contributed by atoms with E-state index in [1.54, 1.807) is 23.2 Å². The van der Waals surface area contributed by atoms with E-state index in [4.69, 9.17) is 10.6 Å². The van der Waals surface area contributed by atoms with Gasteiger partial charge < -0.3 is 15.1 Å². The lowest BCUT2D eigenvalue weighted by molar-refractivity contribution is 0.0735. The molecule has 17 heavy (non-hydrogen) atoms. The second-order valence-electron chi connectivity index (χ2n) is 3.83. The molecule has 0 unspecified atom stereocenters. The first-order valence-electron chi connectivity index (χ1n) is 5.61. The van der Waals surface area contributed by atoms with Gasteiger partial charge in [-0.05, 0) is 18.6 Å². The van der Waals surface area contributed by atoms with Crippen molar-refractivity contribution in [3.8, 4) is 0 Å². The normalized spacial score (nSPS) is 16.4. The van der Waals surface area contributed by atoms with Gasteiger partial charge in [0, 0.05) is 25.9 Å². The van der Waals surface area contributed by atoms with Gasteiger partial charge in [0.05, 0.1) is 12.3 Å². The Hall–Kier alpha value is -1.66. The van der Waals surface area contributed by atoms with Crippen LogP contribution in [0.3, 0.4) is 0 Å². The number of rotatable bonds is 2. The minimum absolute atomic E-state index is 0.0763. The number of nitrogen functional groups attached to an aromatic ring is 1. The fourth-order valence-corrected chi connectivity index (χ4v) is 1.75. The Labute approximate surface area is 99.7 Å². The Morgan fingerprint density at radius 3 is 3.18 bits per heavy atom. The van der Waals surface area contributed by atoms with E-state index in [9.17, 15) is 4.79 Å². The second kappa shape index (κ2) is 5.60. The van der Waals surface area contributed by atoms with Gasteiger partial charge in [0.15, 0.2) is 0 Å². The minimum atomic E-state index is -0.0763. The van der Waals surface area contributed by atoms with E-state index in [0.717, 1.165) is 6.42 Å². The maximum Gasteiger partial charge on any atom is 0.272 e. The maximum atomic E-state index is 12.2. The van der Waals surface area contributed by atoms with Gasteiger partial charge in [-0.1, -0.05) is 0 Å². The number of nitrogens with zero attached hydrogens (tertiary/aromatic N) is 2. The molecule has 0 aliphatic carbocycles. The quantitative estimate of drug-likeness (QED) is 0.567. The molecule has 0 saturated carbocycles. The van der Waals surface area contributed by atoms with Crippen LogP contribution in [-0.2, 0) is 4.74 Å². The van der Waals surface area contributed by atoms with Crippen LogP contribution in [0.25, 0.3) is 0 Å². The number of nitrogens with two attached hydrogens (primary N) is 1. The average molecular weight is 236 g/mol. The Balaban J connectivity index is 2.11. The van der Waals surface area contributed by atoms with Crippen LogP contribution in [0.15, 0.2) is 18.3 Å². The van der Waals surface area contributed by atoms with Crippen molar-refractivity contribution in [1.82, 2.24) is 9.88 Å². The van der Waals surface area contributed by atoms with Gasteiger partial charge in [0.25, 0.3) is 5.91 Å². The molecule has 0 spiro atoms. The molecule has 0 radical (unpaired) electrons. The van der Waals surface area contributed by atoms with E-state index in [-0.39, 0.29) is 5.91 Å². The number of anilines is 1. The number of aromatic nitrogens is 1. The zero-order valence-electron chi connectivity index (χ0n) is 9.56. The van der Waals surface area contributed by atoms with Gasteiger partial charge in [-0.3, -0.25) is 15.6 Å². The summed E-state index contributed by atoms with van der Waals surface area (Å²) in [7, 11) is 0. The molecule has 0 atom stereocenters. The van der Waals surface area contributed by atoms with Gasteiger partial charge >= 0.3 is 0 Å². The SMILES string of the molecule is NNc1ccnc(C(=O)N2CCCOCC2)c1. The summed E-state index contributed by atoms with van der Waals surface area (Å²) >= 11 is 0. The van der Waals surface area contributed by atoms with Crippen molar-refractivity contribution in [2.45, 2.75) is 6.42 Å². The highest BCUT2D eigenvalue weighted by molar-refractivity contribution is 5.93. The molecule has 1 fully saturated rings. The van der Waals surface area contributed by atoms with Crippen LogP contribution in [-0.4, -0.2) is 42.1 Å². The fourth-order valence-electron chi connectivity index (χ4n) is 1.75. The van der Waals surface area contributed by atoms with Crippen molar-refractivity contribution in [2.24, 2.45) is 5.84 Å². The van der Waals surface area contributed by atoms with E-state index >= 15 is 0 Å². The van der Waals surface area contributed by atoms with Crippen molar-refractivity contribution in [1.29, 1.82) is 0 Å². The predicted molar refractivity (Wildman–Crippen MR) is 63.4 cm³/mol. The molecule has 3 N–H and O–H groups in total. The van der Waals surface area contributed by atoms with Gasteiger partial charge in [0.2, 0.25) is 0 Å². The molecule has 1 aromatic rings. The number of hydrazine groups is 1. The molecule has 0 aromatic carbocycles. The number of pyridine rings is 1. The summed E-state index contributed by atoms with van der Waals surface area (Å²) in [5.74, 6) is 5.22. The topological polar surface area (TPSA) is 80.5 Å². The monoisotopic (exact) mass is 236 g/mol. The highest BCUT2D eigenvalue weighted by Crippen LogP contribution is 2.10. The number of nitrogens with one attached hydrogen (secondary N) is 1. The predicted octanol–water partition coefficient (Wildman–Crippen LogP) is 0.230. The summed E-state index contributed by atoms with van der Waals surface area (Å²) in [4.78, 5) is 18.0. The third kappa shape index (κ3) is 2.92. The van der Waals surface area contributed by atoms with Crippen LogP contribution in [0.1, 0.15) is 16.9 Å². The first-order valence-corrected chi connectivity index (χ1v) is 5.61. The van der Waals surface area contributed by atoms with Gasteiger partial charge in [-0.15, -0.1) is 0 Å².